The molecular formula is C26H37N3O2S. The minimum Gasteiger partial charge on any atom is -0.347 e. The number of rotatable bonds is 7. The molecule has 6 rings (SSSR count). The van der Waals surface area contributed by atoms with Crippen LogP contribution in [-0.2, 0) is 16.1 Å². The number of aryl methyl sites for hydroxylation is 1. The van der Waals surface area contributed by atoms with Gasteiger partial charge in [-0.05, 0) is 85.8 Å². The van der Waals surface area contributed by atoms with Crippen LogP contribution in [-0.4, -0.2) is 47.9 Å². The van der Waals surface area contributed by atoms with Crippen molar-refractivity contribution in [3.05, 3.63) is 29.3 Å². The molecule has 4 aliphatic carbocycles. The fourth-order valence-corrected chi connectivity index (χ4v) is 8.24. The highest BCUT2D eigenvalue weighted by Crippen LogP contribution is 2.61. The second-order valence-corrected chi connectivity index (χ2v) is 12.2. The number of carbonyl (C=O) groups is 2. The second kappa shape index (κ2) is 9.38. The van der Waals surface area contributed by atoms with Gasteiger partial charge in [0.05, 0.1) is 6.54 Å². The van der Waals surface area contributed by atoms with Gasteiger partial charge in [0.2, 0.25) is 11.8 Å². The molecule has 0 atom stereocenters. The number of amides is 2. The van der Waals surface area contributed by atoms with Gasteiger partial charge >= 0.3 is 0 Å². The number of anilines is 1. The maximum Gasteiger partial charge on any atom is 0.243 e. The lowest BCUT2D eigenvalue weighted by Gasteiger charge is -2.56. The number of hydrogen-bond donors (Lipinski definition) is 2. The van der Waals surface area contributed by atoms with Gasteiger partial charge in [0, 0.05) is 43.2 Å². The summed E-state index contributed by atoms with van der Waals surface area (Å²) in [6.07, 6.45) is 8.43. The van der Waals surface area contributed by atoms with Gasteiger partial charge in [-0.3, -0.25) is 14.5 Å². The van der Waals surface area contributed by atoms with E-state index < -0.39 is 0 Å². The summed E-state index contributed by atoms with van der Waals surface area (Å²) in [5.41, 5.74) is 3.41. The van der Waals surface area contributed by atoms with Crippen LogP contribution in [0.15, 0.2) is 18.2 Å². The Morgan fingerprint density at radius 2 is 1.69 bits per heavy atom. The van der Waals surface area contributed by atoms with Gasteiger partial charge in [0.25, 0.3) is 0 Å². The van der Waals surface area contributed by atoms with Crippen molar-refractivity contribution in [1.29, 1.82) is 0 Å². The number of nitrogens with one attached hydrogen (secondary N) is 2. The van der Waals surface area contributed by atoms with Crippen LogP contribution in [0.1, 0.15) is 56.1 Å². The standard InChI is InChI=1S/C26H37N3O2S/c1-18-8-19(17-29-4-6-32-7-5-29)2-3-23(18)28-25(31)16-27-24(30)15-26-12-20-9-21(13-26)11-22(10-20)14-26/h2-3,8,20-22H,4-7,9-17H2,1H3,(H,27,30)(H,28,31). The average Bonchev–Trinajstić information content (AvgIpc) is 2.74. The Labute approximate surface area is 196 Å². The van der Waals surface area contributed by atoms with Crippen molar-refractivity contribution in [3.63, 3.8) is 0 Å². The Hall–Kier alpha value is -1.53. The van der Waals surface area contributed by atoms with E-state index in [4.69, 9.17) is 0 Å². The molecule has 2 amide bonds. The Morgan fingerprint density at radius 1 is 1.03 bits per heavy atom. The second-order valence-electron chi connectivity index (χ2n) is 11.0. The van der Waals surface area contributed by atoms with E-state index in [0.717, 1.165) is 48.6 Å². The van der Waals surface area contributed by atoms with Crippen LogP contribution in [0.25, 0.3) is 0 Å². The first-order chi connectivity index (χ1) is 15.5. The van der Waals surface area contributed by atoms with Gasteiger partial charge in [-0.15, -0.1) is 0 Å². The zero-order valence-electron chi connectivity index (χ0n) is 19.3. The summed E-state index contributed by atoms with van der Waals surface area (Å²) < 4.78 is 0. The first-order valence-electron chi connectivity index (χ1n) is 12.4. The third-order valence-corrected chi connectivity index (χ3v) is 9.16. The molecular weight excluding hydrogens is 418 g/mol. The van der Waals surface area contributed by atoms with E-state index in [1.807, 2.05) is 24.8 Å². The Morgan fingerprint density at radius 3 is 2.31 bits per heavy atom. The Bertz CT molecular complexity index is 829. The lowest BCUT2D eigenvalue weighted by Crippen LogP contribution is -2.48. The van der Waals surface area contributed by atoms with Crippen LogP contribution in [0.2, 0.25) is 0 Å². The van der Waals surface area contributed by atoms with Crippen molar-refractivity contribution in [2.45, 2.75) is 58.4 Å². The average molecular weight is 456 g/mol. The smallest absolute Gasteiger partial charge is 0.243 e. The van der Waals surface area contributed by atoms with Crippen molar-refractivity contribution in [2.24, 2.45) is 23.2 Å². The molecule has 1 saturated heterocycles. The fraction of sp³-hybridized carbons (Fsp3) is 0.692. The van der Waals surface area contributed by atoms with Crippen LogP contribution in [0.3, 0.4) is 0 Å². The third kappa shape index (κ3) is 5.17. The lowest BCUT2D eigenvalue weighted by atomic mass is 9.49. The van der Waals surface area contributed by atoms with Crippen molar-refractivity contribution in [2.75, 3.05) is 36.5 Å². The zero-order chi connectivity index (χ0) is 22.1. The molecule has 4 saturated carbocycles. The molecule has 0 unspecified atom stereocenters. The SMILES string of the molecule is Cc1cc(CN2CCSCC2)ccc1NC(=O)CNC(=O)CC12CC3CC(CC(C3)C1)C2. The van der Waals surface area contributed by atoms with E-state index >= 15 is 0 Å². The predicted octanol–water partition coefficient (Wildman–Crippen LogP) is 4.21. The van der Waals surface area contributed by atoms with Gasteiger partial charge in [-0.1, -0.05) is 12.1 Å². The number of thioether (sulfide) groups is 1. The lowest BCUT2D eigenvalue weighted by molar-refractivity contribution is -0.131. The molecule has 5 aliphatic rings. The van der Waals surface area contributed by atoms with E-state index in [1.54, 1.807) is 0 Å². The molecule has 1 aliphatic heterocycles. The van der Waals surface area contributed by atoms with Crippen LogP contribution >= 0.6 is 11.8 Å². The van der Waals surface area contributed by atoms with Crippen molar-refractivity contribution in [1.82, 2.24) is 10.2 Å². The quantitative estimate of drug-likeness (QED) is 0.647. The monoisotopic (exact) mass is 455 g/mol. The summed E-state index contributed by atoms with van der Waals surface area (Å²) in [5, 5.41) is 5.89. The van der Waals surface area contributed by atoms with Crippen LogP contribution < -0.4 is 10.6 Å². The normalized spacial score (nSPS) is 31.5. The topological polar surface area (TPSA) is 61.4 Å². The summed E-state index contributed by atoms with van der Waals surface area (Å²) in [4.78, 5) is 27.7. The van der Waals surface area contributed by atoms with E-state index in [-0.39, 0.29) is 23.8 Å². The minimum atomic E-state index is -0.146. The first-order valence-corrected chi connectivity index (χ1v) is 13.6. The summed E-state index contributed by atoms with van der Waals surface area (Å²) in [6.45, 7) is 5.35. The Kier molecular flexibility index (Phi) is 6.53. The molecule has 1 heterocycles. The molecule has 5 nitrogen and oxygen atoms in total. The third-order valence-electron chi connectivity index (χ3n) is 8.22. The van der Waals surface area contributed by atoms with E-state index in [9.17, 15) is 9.59 Å². The number of nitrogens with zero attached hydrogens (tertiary/aromatic N) is 1. The molecule has 1 aromatic rings. The number of carbonyl (C=O) groups excluding carboxylic acids is 2. The molecule has 1 aromatic carbocycles. The number of hydrogen-bond acceptors (Lipinski definition) is 4. The maximum absolute atomic E-state index is 12.7. The molecule has 2 N–H and O–H groups in total. The van der Waals surface area contributed by atoms with Crippen LogP contribution in [0.5, 0.6) is 0 Å². The largest absolute Gasteiger partial charge is 0.347 e. The van der Waals surface area contributed by atoms with Crippen LogP contribution in [0.4, 0.5) is 5.69 Å². The summed E-state index contributed by atoms with van der Waals surface area (Å²) in [5.74, 6) is 4.86. The minimum absolute atomic E-state index is 0.0499. The summed E-state index contributed by atoms with van der Waals surface area (Å²) in [7, 11) is 0. The molecule has 6 heteroatoms. The first kappa shape index (κ1) is 22.3. The van der Waals surface area contributed by atoms with Crippen LogP contribution in [0, 0.1) is 30.1 Å². The van der Waals surface area contributed by atoms with E-state index in [2.05, 4.69) is 27.7 Å². The predicted molar refractivity (Wildman–Crippen MR) is 131 cm³/mol. The van der Waals surface area contributed by atoms with Crippen molar-refractivity contribution in [3.8, 4) is 0 Å². The molecule has 0 spiro atoms. The number of benzene rings is 1. The highest BCUT2D eigenvalue weighted by molar-refractivity contribution is 7.99. The summed E-state index contributed by atoms with van der Waals surface area (Å²) in [6, 6.07) is 6.28. The highest BCUT2D eigenvalue weighted by Gasteiger charge is 2.51. The molecule has 0 radical (unpaired) electrons. The zero-order valence-corrected chi connectivity index (χ0v) is 20.1. The molecule has 5 fully saturated rings. The van der Waals surface area contributed by atoms with Crippen molar-refractivity contribution >= 4 is 29.3 Å². The fourth-order valence-electron chi connectivity index (χ4n) is 7.26. The van der Waals surface area contributed by atoms with Gasteiger partial charge in [-0.25, -0.2) is 0 Å². The highest BCUT2D eigenvalue weighted by atomic mass is 32.2. The molecule has 0 aromatic heterocycles. The van der Waals surface area contributed by atoms with Gasteiger partial charge < -0.3 is 10.6 Å². The van der Waals surface area contributed by atoms with Gasteiger partial charge in [-0.2, -0.15) is 11.8 Å². The van der Waals surface area contributed by atoms with E-state index in [0.29, 0.717) is 6.42 Å². The van der Waals surface area contributed by atoms with Gasteiger partial charge in [0.1, 0.15) is 0 Å². The van der Waals surface area contributed by atoms with E-state index in [1.165, 1.54) is 55.6 Å². The van der Waals surface area contributed by atoms with Crippen molar-refractivity contribution < 1.29 is 9.59 Å². The van der Waals surface area contributed by atoms with Gasteiger partial charge in [0.15, 0.2) is 0 Å². The summed E-state index contributed by atoms with van der Waals surface area (Å²) >= 11 is 2.02. The Balaban J connectivity index is 1.09. The molecule has 4 bridgehead atoms. The molecule has 174 valence electrons. The maximum atomic E-state index is 12.7. The molecule has 32 heavy (non-hydrogen) atoms.